The average molecular weight is 185 g/mol. The molecule has 0 spiro atoms. The van der Waals surface area contributed by atoms with E-state index in [1.807, 2.05) is 4.90 Å². The van der Waals surface area contributed by atoms with E-state index in [9.17, 15) is 4.79 Å². The fourth-order valence-corrected chi connectivity index (χ4v) is 1.60. The van der Waals surface area contributed by atoms with Crippen molar-refractivity contribution in [2.45, 2.75) is 13.3 Å². The molecule has 0 saturated carbocycles. The van der Waals surface area contributed by atoms with E-state index in [1.165, 1.54) is 0 Å². The molecule has 1 saturated heterocycles. The highest BCUT2D eigenvalue weighted by molar-refractivity contribution is 5.73. The monoisotopic (exact) mass is 185 g/mol. The van der Waals surface area contributed by atoms with Gasteiger partial charge in [0.15, 0.2) is 0 Å². The molecule has 0 aromatic carbocycles. The molecular formula is C9H19N3O. The molecule has 0 unspecified atom stereocenters. The number of piperazine rings is 1. The maximum absolute atomic E-state index is 11.0. The molecule has 1 fully saturated rings. The fourth-order valence-electron chi connectivity index (χ4n) is 1.60. The third-order valence-electron chi connectivity index (χ3n) is 2.50. The lowest BCUT2D eigenvalue weighted by Crippen LogP contribution is -2.48. The third kappa shape index (κ3) is 3.32. The van der Waals surface area contributed by atoms with Gasteiger partial charge in [0.25, 0.3) is 0 Å². The first-order valence-corrected chi connectivity index (χ1v) is 4.92. The molecule has 4 heteroatoms. The minimum atomic E-state index is 0.193. The molecule has 1 rings (SSSR count). The minimum absolute atomic E-state index is 0.193. The summed E-state index contributed by atoms with van der Waals surface area (Å²) in [5.41, 5.74) is 5.43. The van der Waals surface area contributed by atoms with E-state index < -0.39 is 0 Å². The second kappa shape index (κ2) is 5.19. The van der Waals surface area contributed by atoms with Crippen molar-refractivity contribution in [3.63, 3.8) is 0 Å². The zero-order valence-electron chi connectivity index (χ0n) is 8.33. The number of rotatable bonds is 3. The van der Waals surface area contributed by atoms with Gasteiger partial charge in [-0.05, 0) is 19.5 Å². The Morgan fingerprint density at radius 2 is 1.92 bits per heavy atom. The number of carbonyl (C=O) groups is 1. The van der Waals surface area contributed by atoms with Crippen LogP contribution in [0, 0.1) is 0 Å². The van der Waals surface area contributed by atoms with Crippen molar-refractivity contribution in [3.8, 4) is 0 Å². The first kappa shape index (κ1) is 10.5. The van der Waals surface area contributed by atoms with E-state index in [2.05, 4.69) is 4.90 Å². The Hall–Kier alpha value is -0.610. The van der Waals surface area contributed by atoms with Crippen LogP contribution in [0.15, 0.2) is 0 Å². The molecule has 0 aromatic heterocycles. The molecule has 0 bridgehead atoms. The van der Waals surface area contributed by atoms with Crippen LogP contribution in [-0.2, 0) is 4.79 Å². The lowest BCUT2D eigenvalue weighted by Gasteiger charge is -2.34. The fraction of sp³-hybridized carbons (Fsp3) is 0.889. The summed E-state index contributed by atoms with van der Waals surface area (Å²) in [5, 5.41) is 0. The molecule has 1 aliphatic rings. The van der Waals surface area contributed by atoms with Crippen molar-refractivity contribution >= 4 is 5.91 Å². The lowest BCUT2D eigenvalue weighted by atomic mass is 10.3. The Bertz CT molecular complexity index is 164. The van der Waals surface area contributed by atoms with Crippen LogP contribution < -0.4 is 5.73 Å². The molecule has 0 radical (unpaired) electrons. The van der Waals surface area contributed by atoms with Crippen LogP contribution >= 0.6 is 0 Å². The van der Waals surface area contributed by atoms with Crippen molar-refractivity contribution < 1.29 is 4.79 Å². The van der Waals surface area contributed by atoms with Gasteiger partial charge in [0.05, 0.1) is 0 Å². The zero-order chi connectivity index (χ0) is 9.68. The van der Waals surface area contributed by atoms with Crippen molar-refractivity contribution in [3.05, 3.63) is 0 Å². The number of carbonyl (C=O) groups excluding carboxylic acids is 1. The third-order valence-corrected chi connectivity index (χ3v) is 2.50. The number of hydrogen-bond acceptors (Lipinski definition) is 3. The Kier molecular flexibility index (Phi) is 4.18. The Morgan fingerprint density at radius 3 is 2.38 bits per heavy atom. The summed E-state index contributed by atoms with van der Waals surface area (Å²) in [4.78, 5) is 15.3. The summed E-state index contributed by atoms with van der Waals surface area (Å²) < 4.78 is 0. The summed E-state index contributed by atoms with van der Waals surface area (Å²) in [6.07, 6.45) is 1.06. The lowest BCUT2D eigenvalue weighted by molar-refractivity contribution is -0.130. The highest BCUT2D eigenvalue weighted by atomic mass is 16.2. The van der Waals surface area contributed by atoms with Crippen LogP contribution in [0.25, 0.3) is 0 Å². The molecule has 2 N–H and O–H groups in total. The van der Waals surface area contributed by atoms with Crippen LogP contribution in [0.2, 0.25) is 0 Å². The molecule has 0 atom stereocenters. The van der Waals surface area contributed by atoms with Crippen LogP contribution in [0.5, 0.6) is 0 Å². The summed E-state index contributed by atoms with van der Waals surface area (Å²) in [6, 6.07) is 0. The zero-order valence-corrected chi connectivity index (χ0v) is 8.33. The van der Waals surface area contributed by atoms with Crippen molar-refractivity contribution in [2.24, 2.45) is 5.73 Å². The van der Waals surface area contributed by atoms with Gasteiger partial charge in [-0.1, -0.05) is 0 Å². The Labute approximate surface area is 79.7 Å². The maximum Gasteiger partial charge on any atom is 0.219 e. The van der Waals surface area contributed by atoms with Gasteiger partial charge in [-0.15, -0.1) is 0 Å². The van der Waals surface area contributed by atoms with E-state index in [0.717, 1.165) is 45.7 Å². The first-order chi connectivity index (χ1) is 6.24. The average Bonchev–Trinajstić information content (AvgIpc) is 2.15. The largest absolute Gasteiger partial charge is 0.340 e. The highest BCUT2D eigenvalue weighted by Crippen LogP contribution is 2.01. The van der Waals surface area contributed by atoms with Crippen molar-refractivity contribution in [1.29, 1.82) is 0 Å². The molecule has 0 aliphatic carbocycles. The summed E-state index contributed by atoms with van der Waals surface area (Å²) in [6.45, 7) is 7.21. The summed E-state index contributed by atoms with van der Waals surface area (Å²) in [7, 11) is 0. The minimum Gasteiger partial charge on any atom is -0.340 e. The van der Waals surface area contributed by atoms with E-state index in [-0.39, 0.29) is 5.91 Å². The van der Waals surface area contributed by atoms with Crippen LogP contribution in [0.4, 0.5) is 0 Å². The van der Waals surface area contributed by atoms with Crippen LogP contribution in [0.1, 0.15) is 13.3 Å². The molecular weight excluding hydrogens is 166 g/mol. The second-order valence-corrected chi connectivity index (χ2v) is 3.49. The Morgan fingerprint density at radius 1 is 1.31 bits per heavy atom. The molecule has 1 heterocycles. The number of nitrogens with two attached hydrogens (primary N) is 1. The molecule has 4 nitrogen and oxygen atoms in total. The van der Waals surface area contributed by atoms with Crippen molar-refractivity contribution in [1.82, 2.24) is 9.80 Å². The van der Waals surface area contributed by atoms with Gasteiger partial charge in [-0.2, -0.15) is 0 Å². The molecule has 1 aliphatic heterocycles. The number of amides is 1. The van der Waals surface area contributed by atoms with E-state index in [0.29, 0.717) is 0 Å². The summed E-state index contributed by atoms with van der Waals surface area (Å²) >= 11 is 0. The Balaban J connectivity index is 2.18. The predicted molar refractivity (Wildman–Crippen MR) is 52.4 cm³/mol. The highest BCUT2D eigenvalue weighted by Gasteiger charge is 2.17. The number of hydrogen-bond donors (Lipinski definition) is 1. The van der Waals surface area contributed by atoms with Gasteiger partial charge in [-0.25, -0.2) is 0 Å². The molecule has 76 valence electrons. The van der Waals surface area contributed by atoms with E-state index >= 15 is 0 Å². The SMILES string of the molecule is CC(=O)N1CCN(CCCN)CC1. The topological polar surface area (TPSA) is 49.6 Å². The quantitative estimate of drug-likeness (QED) is 0.645. The molecule has 0 aromatic rings. The van der Waals surface area contributed by atoms with Gasteiger partial charge in [0.2, 0.25) is 5.91 Å². The molecule has 1 amide bonds. The number of nitrogens with zero attached hydrogens (tertiary/aromatic N) is 2. The van der Waals surface area contributed by atoms with Gasteiger partial charge in [0, 0.05) is 33.1 Å². The normalized spacial score (nSPS) is 19.1. The van der Waals surface area contributed by atoms with E-state index in [1.54, 1.807) is 6.92 Å². The standard InChI is InChI=1S/C9H19N3O/c1-9(13)12-7-5-11(6-8-12)4-2-3-10/h2-8,10H2,1H3. The van der Waals surface area contributed by atoms with Crippen LogP contribution in [0.3, 0.4) is 0 Å². The predicted octanol–water partition coefficient (Wildman–Crippen LogP) is -0.501. The van der Waals surface area contributed by atoms with Gasteiger partial charge in [0.1, 0.15) is 0 Å². The summed E-state index contributed by atoms with van der Waals surface area (Å²) in [5.74, 6) is 0.193. The second-order valence-electron chi connectivity index (χ2n) is 3.49. The van der Waals surface area contributed by atoms with Crippen molar-refractivity contribution in [2.75, 3.05) is 39.3 Å². The van der Waals surface area contributed by atoms with E-state index in [4.69, 9.17) is 5.73 Å². The smallest absolute Gasteiger partial charge is 0.219 e. The van der Waals surface area contributed by atoms with Gasteiger partial charge >= 0.3 is 0 Å². The van der Waals surface area contributed by atoms with Gasteiger partial charge in [-0.3, -0.25) is 9.69 Å². The first-order valence-electron chi connectivity index (χ1n) is 4.92. The van der Waals surface area contributed by atoms with Gasteiger partial charge < -0.3 is 10.6 Å². The molecule has 13 heavy (non-hydrogen) atoms. The van der Waals surface area contributed by atoms with Crippen LogP contribution in [-0.4, -0.2) is 55.0 Å². The maximum atomic E-state index is 11.0.